The van der Waals surface area contributed by atoms with Gasteiger partial charge in [-0.15, -0.1) is 0 Å². The van der Waals surface area contributed by atoms with Crippen LogP contribution in [0.5, 0.6) is 11.5 Å². The van der Waals surface area contributed by atoms with Gasteiger partial charge in [0.05, 0.1) is 23.5 Å². The minimum absolute atomic E-state index is 0.0745. The summed E-state index contributed by atoms with van der Waals surface area (Å²) in [4.78, 5) is 31.5. The van der Waals surface area contributed by atoms with Crippen LogP contribution in [-0.2, 0) is 23.2 Å². The lowest BCUT2D eigenvalue weighted by molar-refractivity contribution is -0.126. The molecule has 3 aromatic rings. The van der Waals surface area contributed by atoms with Crippen molar-refractivity contribution in [3.8, 4) is 11.5 Å². The van der Waals surface area contributed by atoms with Crippen molar-refractivity contribution in [3.63, 3.8) is 0 Å². The molecule has 1 aromatic heterocycles. The molecule has 1 N–H and O–H groups in total. The van der Waals surface area contributed by atoms with Crippen molar-refractivity contribution in [2.45, 2.75) is 13.0 Å². The number of carbonyl (C=O) groups is 2. The Kier molecular flexibility index (Phi) is 4.54. The smallest absolute Gasteiger partial charge is 0.227 e. The number of aromatic nitrogens is 2. The zero-order chi connectivity index (χ0) is 20.7. The molecule has 2 aromatic carbocycles. The number of fused-ring (bicyclic) bond motifs is 2. The van der Waals surface area contributed by atoms with Crippen molar-refractivity contribution in [2.24, 2.45) is 13.0 Å². The second kappa shape index (κ2) is 7.37. The molecular weight excluding hydrogens is 384 g/mol. The Balaban J connectivity index is 1.26. The molecule has 0 spiro atoms. The number of para-hydroxylation sites is 2. The first kappa shape index (κ1) is 18.5. The third-order valence-electron chi connectivity index (χ3n) is 5.63. The summed E-state index contributed by atoms with van der Waals surface area (Å²) in [6.07, 6.45) is 0.183. The molecule has 5 rings (SSSR count). The topological polar surface area (TPSA) is 85.7 Å². The van der Waals surface area contributed by atoms with E-state index in [1.807, 2.05) is 41.9 Å². The van der Waals surface area contributed by atoms with Gasteiger partial charge in [-0.3, -0.25) is 9.59 Å². The van der Waals surface area contributed by atoms with Gasteiger partial charge < -0.3 is 24.3 Å². The van der Waals surface area contributed by atoms with E-state index in [-0.39, 0.29) is 18.2 Å². The Labute approximate surface area is 173 Å². The molecular formula is C22H22N4O4. The number of anilines is 1. The van der Waals surface area contributed by atoms with Crippen LogP contribution in [0.15, 0.2) is 42.5 Å². The number of aryl methyl sites for hydroxylation is 1. The highest BCUT2D eigenvalue weighted by atomic mass is 16.6. The largest absolute Gasteiger partial charge is 0.486 e. The highest BCUT2D eigenvalue weighted by molar-refractivity contribution is 6.00. The van der Waals surface area contributed by atoms with Gasteiger partial charge >= 0.3 is 0 Å². The van der Waals surface area contributed by atoms with Crippen LogP contribution in [0, 0.1) is 5.92 Å². The maximum Gasteiger partial charge on any atom is 0.227 e. The van der Waals surface area contributed by atoms with Crippen LogP contribution in [0.2, 0.25) is 0 Å². The van der Waals surface area contributed by atoms with Crippen molar-refractivity contribution in [1.82, 2.24) is 14.9 Å². The highest BCUT2D eigenvalue weighted by Crippen LogP contribution is 2.36. The second-order valence-electron chi connectivity index (χ2n) is 7.53. The zero-order valence-electron chi connectivity index (χ0n) is 16.6. The van der Waals surface area contributed by atoms with E-state index in [1.54, 1.807) is 17.0 Å². The fourth-order valence-corrected chi connectivity index (χ4v) is 4.00. The van der Waals surface area contributed by atoms with E-state index in [0.717, 1.165) is 22.5 Å². The molecule has 2 amide bonds. The van der Waals surface area contributed by atoms with Gasteiger partial charge in [0.25, 0.3) is 0 Å². The summed E-state index contributed by atoms with van der Waals surface area (Å²) in [5.74, 6) is 1.46. The minimum atomic E-state index is -0.402. The van der Waals surface area contributed by atoms with Gasteiger partial charge in [0.2, 0.25) is 11.8 Å². The Morgan fingerprint density at radius 3 is 2.80 bits per heavy atom. The Morgan fingerprint density at radius 1 is 1.17 bits per heavy atom. The third-order valence-corrected chi connectivity index (χ3v) is 5.63. The number of carbonyl (C=O) groups excluding carboxylic acids is 2. The fraction of sp³-hybridized carbons (Fsp3) is 0.318. The van der Waals surface area contributed by atoms with E-state index in [9.17, 15) is 9.59 Å². The molecule has 2 aliphatic heterocycles. The van der Waals surface area contributed by atoms with Crippen LogP contribution in [0.4, 0.5) is 5.69 Å². The first-order valence-electron chi connectivity index (χ1n) is 9.98. The normalized spacial score (nSPS) is 18.1. The van der Waals surface area contributed by atoms with Gasteiger partial charge in [0.15, 0.2) is 11.5 Å². The van der Waals surface area contributed by atoms with E-state index in [1.165, 1.54) is 0 Å². The summed E-state index contributed by atoms with van der Waals surface area (Å²) < 4.78 is 13.1. The number of amides is 2. The van der Waals surface area contributed by atoms with Gasteiger partial charge in [-0.25, -0.2) is 4.98 Å². The molecule has 8 nitrogen and oxygen atoms in total. The van der Waals surface area contributed by atoms with Crippen LogP contribution in [0.3, 0.4) is 0 Å². The van der Waals surface area contributed by atoms with E-state index >= 15 is 0 Å². The predicted molar refractivity (Wildman–Crippen MR) is 110 cm³/mol. The number of nitrogens with one attached hydrogen (secondary N) is 1. The second-order valence-corrected chi connectivity index (χ2v) is 7.53. The molecule has 1 atom stereocenters. The molecule has 0 bridgehead atoms. The average molecular weight is 406 g/mol. The van der Waals surface area contributed by atoms with Gasteiger partial charge in [0.1, 0.15) is 19.0 Å². The fourth-order valence-electron chi connectivity index (χ4n) is 4.00. The molecule has 2 aliphatic rings. The van der Waals surface area contributed by atoms with Crippen LogP contribution >= 0.6 is 0 Å². The van der Waals surface area contributed by atoms with Crippen LogP contribution in [0.1, 0.15) is 12.2 Å². The monoisotopic (exact) mass is 406 g/mol. The van der Waals surface area contributed by atoms with Crippen molar-refractivity contribution in [2.75, 3.05) is 24.7 Å². The van der Waals surface area contributed by atoms with Gasteiger partial charge in [-0.1, -0.05) is 12.1 Å². The minimum Gasteiger partial charge on any atom is -0.486 e. The van der Waals surface area contributed by atoms with Crippen LogP contribution in [-0.4, -0.2) is 41.1 Å². The van der Waals surface area contributed by atoms with Crippen molar-refractivity contribution in [3.05, 3.63) is 48.3 Å². The van der Waals surface area contributed by atoms with Gasteiger partial charge in [0, 0.05) is 31.8 Å². The third kappa shape index (κ3) is 3.24. The Morgan fingerprint density at radius 2 is 1.97 bits per heavy atom. The number of imidazole rings is 1. The molecule has 1 fully saturated rings. The summed E-state index contributed by atoms with van der Waals surface area (Å²) in [6, 6.07) is 13.3. The number of hydrogen-bond acceptors (Lipinski definition) is 5. The number of rotatable bonds is 4. The van der Waals surface area contributed by atoms with E-state index in [4.69, 9.17) is 9.47 Å². The number of benzene rings is 2. The molecule has 0 radical (unpaired) electrons. The lowest BCUT2D eigenvalue weighted by atomic mass is 10.1. The maximum absolute atomic E-state index is 12.7. The number of hydrogen-bond donors (Lipinski definition) is 1. The lowest BCUT2D eigenvalue weighted by Crippen LogP contribution is -2.33. The van der Waals surface area contributed by atoms with E-state index < -0.39 is 5.92 Å². The molecule has 1 unspecified atom stereocenters. The van der Waals surface area contributed by atoms with Crippen LogP contribution < -0.4 is 19.7 Å². The Hall–Kier alpha value is -3.55. The maximum atomic E-state index is 12.7. The van der Waals surface area contributed by atoms with Crippen molar-refractivity contribution in [1.29, 1.82) is 0 Å². The molecule has 0 saturated carbocycles. The summed E-state index contributed by atoms with van der Waals surface area (Å²) >= 11 is 0. The van der Waals surface area contributed by atoms with Crippen molar-refractivity contribution < 1.29 is 19.1 Å². The summed E-state index contributed by atoms with van der Waals surface area (Å²) in [5, 5.41) is 2.94. The summed E-state index contributed by atoms with van der Waals surface area (Å²) in [7, 11) is 1.93. The summed E-state index contributed by atoms with van der Waals surface area (Å²) in [6.45, 7) is 1.66. The number of ether oxygens (including phenoxy) is 2. The molecule has 3 heterocycles. The highest BCUT2D eigenvalue weighted by Gasteiger charge is 2.35. The van der Waals surface area contributed by atoms with Gasteiger partial charge in [-0.2, -0.15) is 0 Å². The quantitative estimate of drug-likeness (QED) is 0.717. The molecule has 8 heteroatoms. The average Bonchev–Trinajstić information content (AvgIpc) is 3.32. The molecule has 30 heavy (non-hydrogen) atoms. The van der Waals surface area contributed by atoms with Crippen molar-refractivity contribution >= 4 is 28.5 Å². The van der Waals surface area contributed by atoms with Crippen LogP contribution in [0.25, 0.3) is 11.0 Å². The van der Waals surface area contributed by atoms with E-state index in [0.29, 0.717) is 37.8 Å². The Bertz CT molecular complexity index is 1140. The first-order valence-corrected chi connectivity index (χ1v) is 9.98. The summed E-state index contributed by atoms with van der Waals surface area (Å²) in [5.41, 5.74) is 2.63. The zero-order valence-corrected chi connectivity index (χ0v) is 16.6. The molecule has 1 saturated heterocycles. The number of nitrogens with zero attached hydrogens (tertiary/aromatic N) is 3. The SMILES string of the molecule is Cn1c(CNC(=O)C2CC(=O)N(c3ccc4c(c3)OCCO4)C2)nc2ccccc21. The lowest BCUT2D eigenvalue weighted by Gasteiger charge is -2.22. The predicted octanol–water partition coefficient (Wildman–Crippen LogP) is 2.01. The molecule has 0 aliphatic carbocycles. The standard InChI is InChI=1S/C22H22N4O4/c1-25-17-5-3-2-4-16(17)24-20(25)12-23-22(28)14-10-21(27)26(13-14)15-6-7-18-19(11-15)30-9-8-29-18/h2-7,11,14H,8-10,12-13H2,1H3,(H,23,28). The first-order chi connectivity index (χ1) is 14.6. The van der Waals surface area contributed by atoms with Gasteiger partial charge in [-0.05, 0) is 24.3 Å². The van der Waals surface area contributed by atoms with E-state index in [2.05, 4.69) is 10.3 Å². The molecule has 154 valence electrons.